The lowest BCUT2D eigenvalue weighted by Gasteiger charge is -2.05. The first kappa shape index (κ1) is 12.2. The summed E-state index contributed by atoms with van der Waals surface area (Å²) in [4.78, 5) is 0. The lowest BCUT2D eigenvalue weighted by Crippen LogP contribution is -2.06. The van der Waals surface area contributed by atoms with Gasteiger partial charge in [-0.15, -0.1) is 0 Å². The highest BCUT2D eigenvalue weighted by Gasteiger charge is 2.14. The fourth-order valence-corrected chi connectivity index (χ4v) is 2.06. The van der Waals surface area contributed by atoms with E-state index in [0.717, 1.165) is 28.5 Å². The van der Waals surface area contributed by atoms with E-state index in [0.29, 0.717) is 5.92 Å². The van der Waals surface area contributed by atoms with E-state index in [4.69, 9.17) is 11.6 Å². The molecule has 0 fully saturated rings. The molecule has 0 aliphatic heterocycles. The zero-order chi connectivity index (χ0) is 12.4. The second-order valence-electron chi connectivity index (χ2n) is 4.71. The van der Waals surface area contributed by atoms with Gasteiger partial charge in [0, 0.05) is 17.7 Å². The molecule has 0 aliphatic carbocycles. The Bertz CT molecular complexity index is 500. The summed E-state index contributed by atoms with van der Waals surface area (Å²) < 4.78 is 1.89. The molecule has 0 spiro atoms. The Kier molecular flexibility index (Phi) is 3.53. The maximum absolute atomic E-state index is 6.31. The van der Waals surface area contributed by atoms with Gasteiger partial charge in [-0.25, -0.2) is 0 Å². The van der Waals surface area contributed by atoms with Gasteiger partial charge in [0.05, 0.1) is 5.69 Å². The average Bonchev–Trinajstić information content (AvgIpc) is 2.58. The topological polar surface area (TPSA) is 17.8 Å². The lowest BCUT2D eigenvalue weighted by molar-refractivity contribution is 0.484. The van der Waals surface area contributed by atoms with Crippen LogP contribution in [0.15, 0.2) is 30.3 Å². The molecule has 0 atom stereocenters. The number of aromatic nitrogens is 2. The molecule has 2 rings (SSSR count). The summed E-state index contributed by atoms with van der Waals surface area (Å²) in [5.74, 6) is 0.537. The molecular formula is C14H17ClN2. The number of nitrogens with zero attached hydrogens (tertiary/aromatic N) is 2. The normalized spacial score (nSPS) is 11.1. The van der Waals surface area contributed by atoms with Crippen molar-refractivity contribution in [2.75, 3.05) is 0 Å². The van der Waals surface area contributed by atoms with Crippen molar-refractivity contribution in [3.63, 3.8) is 0 Å². The number of hydrogen-bond acceptors (Lipinski definition) is 1. The molecule has 2 nitrogen and oxygen atoms in total. The van der Waals surface area contributed by atoms with Gasteiger partial charge < -0.3 is 0 Å². The van der Waals surface area contributed by atoms with Crippen LogP contribution in [0.3, 0.4) is 0 Å². The first-order valence-corrected chi connectivity index (χ1v) is 6.25. The molecular weight excluding hydrogens is 232 g/mol. The molecule has 0 unspecified atom stereocenters. The zero-order valence-electron chi connectivity index (χ0n) is 10.4. The van der Waals surface area contributed by atoms with Gasteiger partial charge in [0.15, 0.2) is 0 Å². The van der Waals surface area contributed by atoms with Crippen molar-refractivity contribution in [2.45, 2.75) is 27.3 Å². The Labute approximate surface area is 107 Å². The fraction of sp³-hybridized carbons (Fsp3) is 0.357. The molecule has 0 N–H and O–H groups in total. The molecule has 3 heteroatoms. The highest BCUT2D eigenvalue weighted by Crippen LogP contribution is 2.28. The van der Waals surface area contributed by atoms with E-state index >= 15 is 0 Å². The van der Waals surface area contributed by atoms with Crippen molar-refractivity contribution in [1.29, 1.82) is 0 Å². The third-order valence-electron chi connectivity index (χ3n) is 2.70. The highest BCUT2D eigenvalue weighted by molar-refractivity contribution is 6.30. The van der Waals surface area contributed by atoms with E-state index in [1.54, 1.807) is 0 Å². The third-order valence-corrected chi connectivity index (χ3v) is 3.18. The summed E-state index contributed by atoms with van der Waals surface area (Å²) in [5.41, 5.74) is 3.16. The van der Waals surface area contributed by atoms with Gasteiger partial charge in [-0.2, -0.15) is 5.10 Å². The van der Waals surface area contributed by atoms with Gasteiger partial charge >= 0.3 is 0 Å². The van der Waals surface area contributed by atoms with Gasteiger partial charge in [0.2, 0.25) is 0 Å². The molecule has 1 aromatic heterocycles. The molecule has 0 aliphatic rings. The van der Waals surface area contributed by atoms with Crippen LogP contribution in [0.25, 0.3) is 11.3 Å². The predicted octanol–water partition coefficient (Wildman–Crippen LogP) is 4.17. The molecule has 0 saturated carbocycles. The maximum atomic E-state index is 6.31. The van der Waals surface area contributed by atoms with Crippen molar-refractivity contribution in [2.24, 2.45) is 5.92 Å². The predicted molar refractivity (Wildman–Crippen MR) is 72.2 cm³/mol. The number of benzene rings is 1. The van der Waals surface area contributed by atoms with E-state index in [1.165, 1.54) is 0 Å². The second-order valence-corrected chi connectivity index (χ2v) is 5.06. The van der Waals surface area contributed by atoms with Crippen LogP contribution >= 0.6 is 11.6 Å². The fourth-order valence-electron chi connectivity index (χ4n) is 1.87. The first-order chi connectivity index (χ1) is 8.09. The van der Waals surface area contributed by atoms with E-state index < -0.39 is 0 Å². The monoisotopic (exact) mass is 248 g/mol. The summed E-state index contributed by atoms with van der Waals surface area (Å²) in [5, 5.41) is 5.35. The smallest absolute Gasteiger partial charge is 0.130 e. The molecule has 1 heterocycles. The van der Waals surface area contributed by atoms with Crippen LogP contribution in [0, 0.1) is 12.8 Å². The van der Waals surface area contributed by atoms with Crippen LogP contribution in [0.1, 0.15) is 19.4 Å². The summed E-state index contributed by atoms with van der Waals surface area (Å²) in [6.45, 7) is 7.20. The Balaban J connectivity index is 2.43. The van der Waals surface area contributed by atoms with Crippen LogP contribution in [0.2, 0.25) is 5.15 Å². The van der Waals surface area contributed by atoms with Crippen LogP contribution in [0.4, 0.5) is 0 Å². The Morgan fingerprint density at radius 2 is 1.88 bits per heavy atom. The number of rotatable bonds is 3. The van der Waals surface area contributed by atoms with Gasteiger partial charge in [0.25, 0.3) is 0 Å². The molecule has 2 aromatic rings. The lowest BCUT2D eigenvalue weighted by atomic mass is 10.1. The third kappa shape index (κ3) is 2.52. The average molecular weight is 249 g/mol. The van der Waals surface area contributed by atoms with Crippen molar-refractivity contribution in [3.8, 4) is 11.3 Å². The minimum Gasteiger partial charge on any atom is -0.253 e. The molecule has 90 valence electrons. The van der Waals surface area contributed by atoms with E-state index in [-0.39, 0.29) is 0 Å². The minimum atomic E-state index is 0.537. The highest BCUT2D eigenvalue weighted by atomic mass is 35.5. The van der Waals surface area contributed by atoms with Gasteiger partial charge in [0.1, 0.15) is 5.15 Å². The quantitative estimate of drug-likeness (QED) is 0.797. The molecule has 0 amide bonds. The van der Waals surface area contributed by atoms with Crippen LogP contribution < -0.4 is 0 Å². The molecule has 0 bridgehead atoms. The standard InChI is InChI=1S/C14H17ClN2/c1-10(2)9-17-14(15)11(3)13(16-17)12-7-5-4-6-8-12/h4-8,10H,9H2,1-3H3. The van der Waals surface area contributed by atoms with Crippen LogP contribution in [0.5, 0.6) is 0 Å². The van der Waals surface area contributed by atoms with Crippen molar-refractivity contribution < 1.29 is 0 Å². The Hall–Kier alpha value is -1.28. The van der Waals surface area contributed by atoms with E-state index in [9.17, 15) is 0 Å². The molecule has 17 heavy (non-hydrogen) atoms. The SMILES string of the molecule is Cc1c(-c2ccccc2)nn(CC(C)C)c1Cl. The zero-order valence-corrected chi connectivity index (χ0v) is 11.2. The second kappa shape index (κ2) is 4.92. The number of hydrogen-bond donors (Lipinski definition) is 0. The van der Waals surface area contributed by atoms with Gasteiger partial charge in [-0.05, 0) is 12.8 Å². The van der Waals surface area contributed by atoms with Crippen molar-refractivity contribution in [3.05, 3.63) is 41.0 Å². The van der Waals surface area contributed by atoms with Crippen molar-refractivity contribution in [1.82, 2.24) is 9.78 Å². The van der Waals surface area contributed by atoms with E-state index in [1.807, 2.05) is 29.8 Å². The van der Waals surface area contributed by atoms with E-state index in [2.05, 4.69) is 31.1 Å². The maximum Gasteiger partial charge on any atom is 0.130 e. The number of halogens is 1. The minimum absolute atomic E-state index is 0.537. The van der Waals surface area contributed by atoms with Gasteiger partial charge in [-0.1, -0.05) is 55.8 Å². The Morgan fingerprint density at radius 1 is 1.24 bits per heavy atom. The van der Waals surface area contributed by atoms with Crippen molar-refractivity contribution >= 4 is 11.6 Å². The van der Waals surface area contributed by atoms with Crippen LogP contribution in [-0.2, 0) is 6.54 Å². The Morgan fingerprint density at radius 3 is 2.47 bits per heavy atom. The van der Waals surface area contributed by atoms with Gasteiger partial charge in [-0.3, -0.25) is 4.68 Å². The summed E-state index contributed by atoms with van der Waals surface area (Å²) >= 11 is 6.31. The summed E-state index contributed by atoms with van der Waals surface area (Å²) in [6, 6.07) is 10.2. The summed E-state index contributed by atoms with van der Waals surface area (Å²) in [6.07, 6.45) is 0. The molecule has 0 radical (unpaired) electrons. The molecule has 1 aromatic carbocycles. The summed E-state index contributed by atoms with van der Waals surface area (Å²) in [7, 11) is 0. The first-order valence-electron chi connectivity index (χ1n) is 5.88. The van der Waals surface area contributed by atoms with Crippen LogP contribution in [-0.4, -0.2) is 9.78 Å². The largest absolute Gasteiger partial charge is 0.253 e. The molecule has 0 saturated heterocycles.